The van der Waals surface area contributed by atoms with Crippen molar-refractivity contribution in [1.82, 2.24) is 29.1 Å². The first-order valence-electron chi connectivity index (χ1n) is 9.58. The molecule has 8 heteroatoms. The first-order valence-corrected chi connectivity index (χ1v) is 9.58. The molecule has 0 radical (unpaired) electrons. The Balaban J connectivity index is 1.48. The van der Waals surface area contributed by atoms with Crippen molar-refractivity contribution in [2.75, 3.05) is 11.9 Å². The molecule has 1 aliphatic rings. The van der Waals surface area contributed by atoms with Crippen molar-refractivity contribution in [3.63, 3.8) is 0 Å². The van der Waals surface area contributed by atoms with Crippen LogP contribution in [0.25, 0.3) is 27.8 Å². The first-order chi connectivity index (χ1) is 14.3. The number of nitrogens with zero attached hydrogens (tertiary/aromatic N) is 5. The quantitative estimate of drug-likeness (QED) is 0.495. The molecule has 0 saturated carbocycles. The second-order valence-electron chi connectivity index (χ2n) is 7.23. The number of anilines is 2. The first kappa shape index (κ1) is 16.3. The highest BCUT2D eigenvalue weighted by Crippen LogP contribution is 2.32. The molecule has 29 heavy (non-hydrogen) atoms. The number of fused-ring (bicyclic) bond motifs is 3. The number of aromatic amines is 1. The van der Waals surface area contributed by atoms with Gasteiger partial charge < -0.3 is 19.4 Å². The summed E-state index contributed by atoms with van der Waals surface area (Å²) in [5, 5.41) is 8.13. The zero-order chi connectivity index (χ0) is 19.4. The molecule has 0 spiro atoms. The molecule has 6 heterocycles. The van der Waals surface area contributed by atoms with Gasteiger partial charge in [0, 0.05) is 47.7 Å². The molecule has 0 unspecified atom stereocenters. The van der Waals surface area contributed by atoms with Gasteiger partial charge in [-0.25, -0.2) is 4.98 Å². The lowest BCUT2D eigenvalue weighted by molar-refractivity contribution is 0.0801. The molecular formula is C21H19N7O. The van der Waals surface area contributed by atoms with Gasteiger partial charge in [-0.05, 0) is 25.1 Å². The summed E-state index contributed by atoms with van der Waals surface area (Å²) < 4.78 is 9.61. The maximum Gasteiger partial charge on any atom is 0.160 e. The molecule has 5 aromatic heterocycles. The van der Waals surface area contributed by atoms with E-state index < -0.39 is 0 Å². The van der Waals surface area contributed by atoms with Crippen molar-refractivity contribution in [2.24, 2.45) is 0 Å². The van der Waals surface area contributed by atoms with Gasteiger partial charge >= 0.3 is 0 Å². The van der Waals surface area contributed by atoms with E-state index in [2.05, 4.69) is 48.8 Å². The normalized spacial score (nSPS) is 13.8. The van der Waals surface area contributed by atoms with Crippen molar-refractivity contribution >= 4 is 28.2 Å². The monoisotopic (exact) mass is 385 g/mol. The Morgan fingerprint density at radius 3 is 3.10 bits per heavy atom. The minimum absolute atomic E-state index is 0.592. The number of pyridine rings is 2. The van der Waals surface area contributed by atoms with Crippen molar-refractivity contribution in [3.8, 4) is 11.1 Å². The third-order valence-corrected chi connectivity index (χ3v) is 5.45. The zero-order valence-corrected chi connectivity index (χ0v) is 15.9. The van der Waals surface area contributed by atoms with E-state index >= 15 is 0 Å². The van der Waals surface area contributed by atoms with Crippen LogP contribution in [0.5, 0.6) is 0 Å². The van der Waals surface area contributed by atoms with Gasteiger partial charge in [-0.15, -0.1) is 0 Å². The molecule has 0 bridgehead atoms. The summed E-state index contributed by atoms with van der Waals surface area (Å²) in [7, 11) is 0. The van der Waals surface area contributed by atoms with Crippen LogP contribution in [0, 0.1) is 6.92 Å². The Morgan fingerprint density at radius 1 is 1.21 bits per heavy atom. The molecule has 0 aliphatic carbocycles. The van der Waals surface area contributed by atoms with Gasteiger partial charge in [0.05, 0.1) is 42.2 Å². The zero-order valence-electron chi connectivity index (χ0n) is 15.9. The lowest BCUT2D eigenvalue weighted by Crippen LogP contribution is -2.16. The van der Waals surface area contributed by atoms with Crippen LogP contribution in [0.4, 0.5) is 11.5 Å². The molecule has 8 nitrogen and oxygen atoms in total. The SMILES string of the molecule is Cc1c(-c2cnc3cc[nH]c3c2)cc(Nc2cc3n(n2)CCOC3)c2nccn12. The van der Waals surface area contributed by atoms with Gasteiger partial charge in [0.15, 0.2) is 11.5 Å². The lowest BCUT2D eigenvalue weighted by Gasteiger charge is -2.13. The molecule has 5 aromatic rings. The van der Waals surface area contributed by atoms with E-state index in [4.69, 9.17) is 4.74 Å². The Labute approximate surface area is 166 Å². The van der Waals surface area contributed by atoms with Crippen LogP contribution < -0.4 is 5.32 Å². The predicted molar refractivity (Wildman–Crippen MR) is 110 cm³/mol. The van der Waals surface area contributed by atoms with Crippen LogP contribution in [0.3, 0.4) is 0 Å². The average molecular weight is 385 g/mol. The maximum absolute atomic E-state index is 5.52. The molecular weight excluding hydrogens is 366 g/mol. The third kappa shape index (κ3) is 2.60. The number of ether oxygens (including phenoxy) is 1. The highest BCUT2D eigenvalue weighted by atomic mass is 16.5. The number of aryl methyl sites for hydroxylation is 1. The largest absolute Gasteiger partial charge is 0.373 e. The fraction of sp³-hybridized carbons (Fsp3) is 0.190. The second-order valence-corrected chi connectivity index (χ2v) is 7.23. The Hall–Kier alpha value is -3.65. The Kier molecular flexibility index (Phi) is 3.48. The average Bonchev–Trinajstić information content (AvgIpc) is 3.48. The van der Waals surface area contributed by atoms with Gasteiger partial charge in [-0.2, -0.15) is 5.10 Å². The van der Waals surface area contributed by atoms with Gasteiger partial charge in [0.25, 0.3) is 0 Å². The second kappa shape index (κ2) is 6.18. The van der Waals surface area contributed by atoms with Crippen LogP contribution in [0.15, 0.2) is 49.1 Å². The number of nitrogens with one attached hydrogen (secondary N) is 2. The van der Waals surface area contributed by atoms with E-state index in [1.54, 1.807) is 0 Å². The summed E-state index contributed by atoms with van der Waals surface area (Å²) in [6.45, 7) is 4.16. The molecule has 1 aliphatic heterocycles. The van der Waals surface area contributed by atoms with Crippen LogP contribution in [0.1, 0.15) is 11.4 Å². The maximum atomic E-state index is 5.52. The minimum Gasteiger partial charge on any atom is -0.373 e. The van der Waals surface area contributed by atoms with Crippen LogP contribution in [-0.4, -0.2) is 35.7 Å². The molecule has 6 rings (SSSR count). The molecule has 0 amide bonds. The van der Waals surface area contributed by atoms with E-state index in [9.17, 15) is 0 Å². The molecule has 2 N–H and O–H groups in total. The number of hydrogen-bond donors (Lipinski definition) is 2. The molecule has 0 fully saturated rings. The van der Waals surface area contributed by atoms with Crippen molar-refractivity contribution in [2.45, 2.75) is 20.1 Å². The van der Waals surface area contributed by atoms with E-state index in [0.717, 1.165) is 57.2 Å². The predicted octanol–water partition coefficient (Wildman–Crippen LogP) is 3.66. The molecule has 0 atom stereocenters. The standard InChI is InChI=1S/C21H19N7O/c1-13-16(14-8-18-17(24-11-14)2-3-22-18)10-19(21-23-4-5-27(13)21)25-20-9-15-12-29-7-6-28(15)26-20/h2-5,8-11,22H,6-7,12H2,1H3,(H,25,26). The number of hydrogen-bond acceptors (Lipinski definition) is 5. The Morgan fingerprint density at radius 2 is 2.17 bits per heavy atom. The van der Waals surface area contributed by atoms with Crippen molar-refractivity contribution < 1.29 is 4.74 Å². The summed E-state index contributed by atoms with van der Waals surface area (Å²) >= 11 is 0. The number of H-pyrrole nitrogens is 1. The summed E-state index contributed by atoms with van der Waals surface area (Å²) in [5.74, 6) is 0.795. The lowest BCUT2D eigenvalue weighted by atomic mass is 10.0. The minimum atomic E-state index is 0.592. The van der Waals surface area contributed by atoms with Gasteiger partial charge in [0.1, 0.15) is 0 Å². The summed E-state index contributed by atoms with van der Waals surface area (Å²) in [5.41, 5.74) is 8.06. The Bertz CT molecular complexity index is 1340. The van der Waals surface area contributed by atoms with E-state index in [0.29, 0.717) is 13.2 Å². The number of imidazole rings is 1. The van der Waals surface area contributed by atoms with Crippen molar-refractivity contribution in [1.29, 1.82) is 0 Å². The van der Waals surface area contributed by atoms with Gasteiger partial charge in [-0.1, -0.05) is 0 Å². The fourth-order valence-corrected chi connectivity index (χ4v) is 3.97. The third-order valence-electron chi connectivity index (χ3n) is 5.45. The number of aromatic nitrogens is 6. The molecule has 0 aromatic carbocycles. The molecule has 144 valence electrons. The topological polar surface area (TPSA) is 85.1 Å². The molecule has 0 saturated heterocycles. The highest BCUT2D eigenvalue weighted by Gasteiger charge is 2.16. The van der Waals surface area contributed by atoms with Gasteiger partial charge in [0.2, 0.25) is 0 Å². The summed E-state index contributed by atoms with van der Waals surface area (Å²) in [6.07, 6.45) is 7.62. The summed E-state index contributed by atoms with van der Waals surface area (Å²) in [4.78, 5) is 12.4. The fourth-order valence-electron chi connectivity index (χ4n) is 3.97. The smallest absolute Gasteiger partial charge is 0.160 e. The van der Waals surface area contributed by atoms with Crippen molar-refractivity contribution in [3.05, 3.63) is 60.4 Å². The van der Waals surface area contributed by atoms with E-state index in [-0.39, 0.29) is 0 Å². The summed E-state index contributed by atoms with van der Waals surface area (Å²) in [6, 6.07) is 8.26. The van der Waals surface area contributed by atoms with Crippen LogP contribution in [0.2, 0.25) is 0 Å². The number of rotatable bonds is 3. The van der Waals surface area contributed by atoms with Crippen LogP contribution in [-0.2, 0) is 17.9 Å². The van der Waals surface area contributed by atoms with E-state index in [1.807, 2.05) is 41.6 Å². The van der Waals surface area contributed by atoms with Gasteiger partial charge in [-0.3, -0.25) is 9.67 Å². The van der Waals surface area contributed by atoms with Crippen LogP contribution >= 0.6 is 0 Å². The van der Waals surface area contributed by atoms with E-state index in [1.165, 1.54) is 0 Å². The highest BCUT2D eigenvalue weighted by molar-refractivity contribution is 5.85.